The molecule has 0 aliphatic heterocycles. The Morgan fingerprint density at radius 1 is 1.26 bits per heavy atom. The van der Waals surface area contributed by atoms with Crippen molar-refractivity contribution in [3.05, 3.63) is 46.1 Å². The van der Waals surface area contributed by atoms with E-state index in [9.17, 15) is 0 Å². The summed E-state index contributed by atoms with van der Waals surface area (Å²) >= 11 is 6.11. The van der Waals surface area contributed by atoms with Crippen LogP contribution in [0.4, 0.5) is 5.82 Å². The number of aryl methyl sites for hydroxylation is 2. The van der Waals surface area contributed by atoms with Gasteiger partial charge in [0.1, 0.15) is 16.8 Å². The minimum atomic E-state index is 0.515. The van der Waals surface area contributed by atoms with Crippen LogP contribution >= 0.6 is 11.6 Å². The highest BCUT2D eigenvalue weighted by molar-refractivity contribution is 6.30. The van der Waals surface area contributed by atoms with E-state index in [-0.39, 0.29) is 0 Å². The van der Waals surface area contributed by atoms with E-state index in [4.69, 9.17) is 11.6 Å². The summed E-state index contributed by atoms with van der Waals surface area (Å²) in [6, 6.07) is 2.00. The number of hydrogen-bond acceptors (Lipinski definition) is 4. The predicted molar refractivity (Wildman–Crippen MR) is 77.5 cm³/mol. The summed E-state index contributed by atoms with van der Waals surface area (Å²) in [7, 11) is 0. The van der Waals surface area contributed by atoms with Crippen molar-refractivity contribution in [2.75, 3.05) is 5.32 Å². The first kappa shape index (κ1) is 13.7. The third-order valence-electron chi connectivity index (χ3n) is 3.03. The van der Waals surface area contributed by atoms with Crippen molar-refractivity contribution in [2.45, 2.75) is 33.7 Å². The van der Waals surface area contributed by atoms with Crippen molar-refractivity contribution in [2.24, 2.45) is 0 Å². The Kier molecular flexibility index (Phi) is 4.32. The van der Waals surface area contributed by atoms with Crippen molar-refractivity contribution >= 4 is 17.4 Å². The van der Waals surface area contributed by atoms with Gasteiger partial charge in [-0.25, -0.2) is 9.97 Å². The molecule has 0 radical (unpaired) electrons. The molecule has 0 aliphatic rings. The molecule has 100 valence electrons. The quantitative estimate of drug-likeness (QED) is 0.871. The van der Waals surface area contributed by atoms with Gasteiger partial charge in [0, 0.05) is 30.9 Å². The molecule has 2 heterocycles. The molecule has 5 heteroatoms. The summed E-state index contributed by atoms with van der Waals surface area (Å²) in [6.45, 7) is 6.67. The topological polar surface area (TPSA) is 50.7 Å². The standard InChI is InChI=1S/C14H17ClN4/c1-4-12-18-13(15)10(3)14(19-12)17-8-11-5-6-16-7-9(11)2/h5-7H,4,8H2,1-3H3,(H,17,18,19). The molecule has 0 atom stereocenters. The molecule has 1 N–H and O–H groups in total. The number of pyridine rings is 1. The van der Waals surface area contributed by atoms with E-state index in [2.05, 4.69) is 20.3 Å². The highest BCUT2D eigenvalue weighted by Crippen LogP contribution is 2.21. The largest absolute Gasteiger partial charge is 0.366 e. The van der Waals surface area contributed by atoms with E-state index in [0.29, 0.717) is 11.7 Å². The molecule has 0 spiro atoms. The molecule has 0 aliphatic carbocycles. The van der Waals surface area contributed by atoms with Gasteiger partial charge in [0.25, 0.3) is 0 Å². The molecule has 0 bridgehead atoms. The van der Waals surface area contributed by atoms with Crippen LogP contribution in [0.25, 0.3) is 0 Å². The van der Waals surface area contributed by atoms with Crippen LogP contribution in [0, 0.1) is 13.8 Å². The summed E-state index contributed by atoms with van der Waals surface area (Å²) in [4.78, 5) is 12.8. The van der Waals surface area contributed by atoms with Crippen molar-refractivity contribution in [1.29, 1.82) is 0 Å². The van der Waals surface area contributed by atoms with Gasteiger partial charge in [-0.15, -0.1) is 0 Å². The van der Waals surface area contributed by atoms with Gasteiger partial charge in [0.15, 0.2) is 0 Å². The Morgan fingerprint density at radius 2 is 2.05 bits per heavy atom. The first-order valence-corrected chi connectivity index (χ1v) is 6.66. The number of nitrogens with zero attached hydrogens (tertiary/aromatic N) is 3. The highest BCUT2D eigenvalue weighted by Gasteiger charge is 2.08. The zero-order chi connectivity index (χ0) is 13.8. The molecule has 0 amide bonds. The fourth-order valence-electron chi connectivity index (χ4n) is 1.74. The van der Waals surface area contributed by atoms with E-state index in [1.54, 1.807) is 6.20 Å². The minimum absolute atomic E-state index is 0.515. The van der Waals surface area contributed by atoms with Gasteiger partial charge in [0.05, 0.1) is 0 Å². The van der Waals surface area contributed by atoms with Crippen LogP contribution in [0.15, 0.2) is 18.5 Å². The lowest BCUT2D eigenvalue weighted by Crippen LogP contribution is -2.08. The molecule has 2 aromatic rings. The monoisotopic (exact) mass is 276 g/mol. The maximum Gasteiger partial charge on any atom is 0.137 e. The van der Waals surface area contributed by atoms with Gasteiger partial charge in [-0.05, 0) is 31.0 Å². The summed E-state index contributed by atoms with van der Waals surface area (Å²) in [6.07, 6.45) is 4.42. The SMILES string of the molecule is CCc1nc(Cl)c(C)c(NCc2ccncc2C)n1. The second kappa shape index (κ2) is 5.97. The molecule has 0 saturated carbocycles. The second-order valence-electron chi connectivity index (χ2n) is 4.41. The molecule has 0 fully saturated rings. The van der Waals surface area contributed by atoms with E-state index < -0.39 is 0 Å². The third-order valence-corrected chi connectivity index (χ3v) is 3.40. The first-order chi connectivity index (χ1) is 9.11. The van der Waals surface area contributed by atoms with Crippen LogP contribution in [-0.4, -0.2) is 15.0 Å². The van der Waals surface area contributed by atoms with Gasteiger partial charge >= 0.3 is 0 Å². The average Bonchev–Trinajstić information content (AvgIpc) is 2.42. The molecule has 0 unspecified atom stereocenters. The summed E-state index contributed by atoms with van der Waals surface area (Å²) in [5.74, 6) is 1.55. The van der Waals surface area contributed by atoms with Crippen LogP contribution in [0.3, 0.4) is 0 Å². The molecule has 4 nitrogen and oxygen atoms in total. The van der Waals surface area contributed by atoms with Crippen molar-refractivity contribution in [3.8, 4) is 0 Å². The smallest absolute Gasteiger partial charge is 0.137 e. The van der Waals surface area contributed by atoms with Crippen molar-refractivity contribution in [3.63, 3.8) is 0 Å². The number of halogens is 1. The molecular formula is C14H17ClN4. The maximum atomic E-state index is 6.11. The van der Waals surface area contributed by atoms with Crippen LogP contribution in [0.1, 0.15) is 29.4 Å². The molecule has 2 aromatic heterocycles. The zero-order valence-corrected chi connectivity index (χ0v) is 12.1. The number of nitrogens with one attached hydrogen (secondary N) is 1. The maximum absolute atomic E-state index is 6.11. The van der Waals surface area contributed by atoms with E-state index in [1.807, 2.05) is 33.0 Å². The number of aromatic nitrogens is 3. The number of anilines is 1. The molecule has 19 heavy (non-hydrogen) atoms. The van der Waals surface area contributed by atoms with Gasteiger partial charge in [-0.1, -0.05) is 18.5 Å². The van der Waals surface area contributed by atoms with Crippen LogP contribution in [0.2, 0.25) is 5.15 Å². The summed E-state index contributed by atoms with van der Waals surface area (Å²) < 4.78 is 0. The average molecular weight is 277 g/mol. The Morgan fingerprint density at radius 3 is 2.74 bits per heavy atom. The van der Waals surface area contributed by atoms with Crippen LogP contribution < -0.4 is 5.32 Å². The number of hydrogen-bond donors (Lipinski definition) is 1. The van der Waals surface area contributed by atoms with Gasteiger partial charge in [0.2, 0.25) is 0 Å². The Hall–Kier alpha value is -1.68. The lowest BCUT2D eigenvalue weighted by atomic mass is 10.1. The van der Waals surface area contributed by atoms with Crippen molar-refractivity contribution < 1.29 is 0 Å². The number of rotatable bonds is 4. The minimum Gasteiger partial charge on any atom is -0.366 e. The first-order valence-electron chi connectivity index (χ1n) is 6.28. The lowest BCUT2D eigenvalue weighted by molar-refractivity contribution is 0.921. The van der Waals surface area contributed by atoms with E-state index in [0.717, 1.165) is 29.2 Å². The predicted octanol–water partition coefficient (Wildman–Crippen LogP) is 3.32. The molecular weight excluding hydrogens is 260 g/mol. The highest BCUT2D eigenvalue weighted by atomic mass is 35.5. The summed E-state index contributed by atoms with van der Waals surface area (Å²) in [5, 5.41) is 3.84. The van der Waals surface area contributed by atoms with E-state index >= 15 is 0 Å². The Balaban J connectivity index is 2.20. The second-order valence-corrected chi connectivity index (χ2v) is 4.77. The van der Waals surface area contributed by atoms with Gasteiger partial charge in [-0.2, -0.15) is 0 Å². The Bertz CT molecular complexity index is 584. The van der Waals surface area contributed by atoms with Crippen LogP contribution in [-0.2, 0) is 13.0 Å². The van der Waals surface area contributed by atoms with E-state index in [1.165, 1.54) is 5.56 Å². The summed E-state index contributed by atoms with van der Waals surface area (Å²) in [5.41, 5.74) is 3.23. The fraction of sp³-hybridized carbons (Fsp3) is 0.357. The fourth-order valence-corrected chi connectivity index (χ4v) is 1.93. The third kappa shape index (κ3) is 3.20. The lowest BCUT2D eigenvalue weighted by Gasteiger charge is -2.12. The molecule has 0 aromatic carbocycles. The van der Waals surface area contributed by atoms with Gasteiger partial charge in [-0.3, -0.25) is 4.98 Å². The molecule has 0 saturated heterocycles. The Labute approximate surface area is 118 Å². The van der Waals surface area contributed by atoms with Crippen molar-refractivity contribution in [1.82, 2.24) is 15.0 Å². The van der Waals surface area contributed by atoms with Gasteiger partial charge < -0.3 is 5.32 Å². The zero-order valence-electron chi connectivity index (χ0n) is 11.4. The molecule has 2 rings (SSSR count). The van der Waals surface area contributed by atoms with Crippen LogP contribution in [0.5, 0.6) is 0 Å². The normalized spacial score (nSPS) is 10.5.